The zero-order valence-corrected chi connectivity index (χ0v) is 12.5. The summed E-state index contributed by atoms with van der Waals surface area (Å²) in [6.07, 6.45) is 0.331. The van der Waals surface area contributed by atoms with Crippen molar-refractivity contribution in [3.05, 3.63) is 42.5 Å². The highest BCUT2D eigenvalue weighted by Gasteiger charge is 2.09. The summed E-state index contributed by atoms with van der Waals surface area (Å²) < 4.78 is 0. The molecule has 0 radical (unpaired) electrons. The molecule has 21 heavy (non-hydrogen) atoms. The maximum atomic E-state index is 12.0. The molecule has 0 spiro atoms. The number of carbonyl (C=O) groups excluding carboxylic acids is 1. The number of urea groups is 1. The lowest BCUT2D eigenvalue weighted by atomic mass is 10.1. The van der Waals surface area contributed by atoms with Crippen LogP contribution in [0.4, 0.5) is 10.5 Å². The van der Waals surface area contributed by atoms with Gasteiger partial charge in [0.15, 0.2) is 0 Å². The van der Waals surface area contributed by atoms with Crippen LogP contribution in [0.1, 0.15) is 20.3 Å². The van der Waals surface area contributed by atoms with Gasteiger partial charge in [-0.2, -0.15) is 0 Å². The van der Waals surface area contributed by atoms with Gasteiger partial charge in [0, 0.05) is 11.9 Å². The number of aliphatic hydroxyl groups excluding tert-OH is 1. The number of carbonyl (C=O) groups is 1. The number of aliphatic hydroxyl groups is 1. The Labute approximate surface area is 125 Å². The van der Waals surface area contributed by atoms with Crippen LogP contribution in [-0.2, 0) is 0 Å². The summed E-state index contributed by atoms with van der Waals surface area (Å²) in [6.45, 7) is 4.30. The van der Waals surface area contributed by atoms with Crippen molar-refractivity contribution in [3.8, 4) is 0 Å². The molecule has 0 saturated heterocycles. The second-order valence-corrected chi connectivity index (χ2v) is 5.55. The van der Waals surface area contributed by atoms with Crippen LogP contribution in [0.2, 0.25) is 0 Å². The van der Waals surface area contributed by atoms with Gasteiger partial charge in [-0.3, -0.25) is 0 Å². The minimum Gasteiger partial charge on any atom is -0.393 e. The summed E-state index contributed by atoms with van der Waals surface area (Å²) in [6, 6.07) is 13.5. The van der Waals surface area contributed by atoms with Gasteiger partial charge in [-0.05, 0) is 30.7 Å². The van der Waals surface area contributed by atoms with Crippen molar-refractivity contribution in [3.63, 3.8) is 0 Å². The van der Waals surface area contributed by atoms with Crippen molar-refractivity contribution in [2.45, 2.75) is 26.4 Å². The maximum absolute atomic E-state index is 12.0. The Kier molecular flexibility index (Phi) is 5.17. The molecule has 0 fully saturated rings. The average Bonchev–Trinajstić information content (AvgIpc) is 2.45. The highest BCUT2D eigenvalue weighted by atomic mass is 16.3. The zero-order chi connectivity index (χ0) is 15.2. The Morgan fingerprint density at radius 1 is 1.14 bits per heavy atom. The molecule has 112 valence electrons. The predicted octanol–water partition coefficient (Wildman–Crippen LogP) is 3.37. The molecule has 2 amide bonds. The normalized spacial score (nSPS) is 13.7. The van der Waals surface area contributed by atoms with Crippen molar-refractivity contribution in [2.75, 3.05) is 11.9 Å². The van der Waals surface area contributed by atoms with Crippen LogP contribution in [-0.4, -0.2) is 23.8 Å². The Bertz CT molecular complexity index is 605. The molecule has 0 aliphatic rings. The third-order valence-electron chi connectivity index (χ3n) is 3.39. The van der Waals surface area contributed by atoms with Gasteiger partial charge in [-0.1, -0.05) is 43.3 Å². The Hall–Kier alpha value is -2.07. The molecule has 2 rings (SSSR count). The van der Waals surface area contributed by atoms with Crippen molar-refractivity contribution in [2.24, 2.45) is 5.92 Å². The van der Waals surface area contributed by atoms with Crippen LogP contribution in [0.5, 0.6) is 0 Å². The Balaban J connectivity index is 1.96. The predicted molar refractivity (Wildman–Crippen MR) is 86.4 cm³/mol. The van der Waals surface area contributed by atoms with E-state index in [9.17, 15) is 9.90 Å². The standard InChI is InChI=1S/C17H22N2O2/c1-12(10-13(2)20)11-18-17(21)19-16-9-5-7-14-6-3-4-8-15(14)16/h3-9,12-13,20H,10-11H2,1-2H3,(H2,18,19,21). The van der Waals surface area contributed by atoms with Crippen LogP contribution in [0.25, 0.3) is 10.8 Å². The maximum Gasteiger partial charge on any atom is 0.319 e. The molecular formula is C17H22N2O2. The van der Waals surface area contributed by atoms with Gasteiger partial charge in [0.2, 0.25) is 0 Å². The molecule has 0 bridgehead atoms. The Morgan fingerprint density at radius 3 is 2.62 bits per heavy atom. The second-order valence-electron chi connectivity index (χ2n) is 5.55. The molecule has 2 atom stereocenters. The molecule has 0 aliphatic heterocycles. The molecular weight excluding hydrogens is 264 g/mol. The van der Waals surface area contributed by atoms with Gasteiger partial charge in [0.1, 0.15) is 0 Å². The third kappa shape index (κ3) is 4.46. The lowest BCUT2D eigenvalue weighted by Gasteiger charge is -2.15. The van der Waals surface area contributed by atoms with E-state index in [0.717, 1.165) is 16.5 Å². The van der Waals surface area contributed by atoms with Gasteiger partial charge in [-0.15, -0.1) is 0 Å². The van der Waals surface area contributed by atoms with Crippen molar-refractivity contribution >= 4 is 22.5 Å². The van der Waals surface area contributed by atoms with E-state index >= 15 is 0 Å². The molecule has 0 aliphatic carbocycles. The summed E-state index contributed by atoms with van der Waals surface area (Å²) in [5, 5.41) is 17.1. The number of hydrogen-bond acceptors (Lipinski definition) is 2. The molecule has 4 nitrogen and oxygen atoms in total. The van der Waals surface area contributed by atoms with Crippen LogP contribution >= 0.6 is 0 Å². The number of benzene rings is 2. The van der Waals surface area contributed by atoms with E-state index in [1.54, 1.807) is 6.92 Å². The van der Waals surface area contributed by atoms with E-state index in [1.807, 2.05) is 49.4 Å². The van der Waals surface area contributed by atoms with E-state index in [2.05, 4.69) is 10.6 Å². The SMILES string of the molecule is CC(O)CC(C)CNC(=O)Nc1cccc2ccccc12. The monoisotopic (exact) mass is 286 g/mol. The van der Waals surface area contributed by atoms with Crippen molar-refractivity contribution in [1.29, 1.82) is 0 Å². The third-order valence-corrected chi connectivity index (χ3v) is 3.39. The van der Waals surface area contributed by atoms with Crippen LogP contribution < -0.4 is 10.6 Å². The van der Waals surface area contributed by atoms with Crippen molar-refractivity contribution in [1.82, 2.24) is 5.32 Å². The number of amides is 2. The number of nitrogens with one attached hydrogen (secondary N) is 2. The van der Waals surface area contributed by atoms with E-state index in [1.165, 1.54) is 0 Å². The lowest BCUT2D eigenvalue weighted by Crippen LogP contribution is -2.33. The topological polar surface area (TPSA) is 61.4 Å². The fraction of sp³-hybridized carbons (Fsp3) is 0.353. The van der Waals surface area contributed by atoms with Crippen LogP contribution in [0, 0.1) is 5.92 Å². The molecule has 0 saturated carbocycles. The molecule has 0 heterocycles. The van der Waals surface area contributed by atoms with E-state index in [-0.39, 0.29) is 18.1 Å². The summed E-state index contributed by atoms with van der Waals surface area (Å²) in [5.41, 5.74) is 0.800. The van der Waals surface area contributed by atoms with Gasteiger partial charge in [0.05, 0.1) is 11.8 Å². The molecule has 2 aromatic rings. The first-order valence-electron chi connectivity index (χ1n) is 7.27. The zero-order valence-electron chi connectivity index (χ0n) is 12.5. The van der Waals surface area contributed by atoms with Gasteiger partial charge in [-0.25, -0.2) is 4.79 Å². The molecule has 2 aromatic carbocycles. The molecule has 4 heteroatoms. The first-order chi connectivity index (χ1) is 10.1. The second kappa shape index (κ2) is 7.09. The summed E-state index contributed by atoms with van der Waals surface area (Å²) in [7, 11) is 0. The van der Waals surface area contributed by atoms with Gasteiger partial charge < -0.3 is 15.7 Å². The van der Waals surface area contributed by atoms with Crippen LogP contribution in [0.15, 0.2) is 42.5 Å². The largest absolute Gasteiger partial charge is 0.393 e. The molecule has 3 N–H and O–H groups in total. The van der Waals surface area contributed by atoms with Gasteiger partial charge in [0.25, 0.3) is 0 Å². The first kappa shape index (κ1) is 15.3. The first-order valence-corrected chi connectivity index (χ1v) is 7.27. The molecule has 0 aromatic heterocycles. The number of hydrogen-bond donors (Lipinski definition) is 3. The number of fused-ring (bicyclic) bond motifs is 1. The average molecular weight is 286 g/mol. The number of anilines is 1. The fourth-order valence-electron chi connectivity index (χ4n) is 2.43. The minimum atomic E-state index is -0.345. The summed E-state index contributed by atoms with van der Waals surface area (Å²) in [4.78, 5) is 12.0. The quantitative estimate of drug-likeness (QED) is 0.789. The lowest BCUT2D eigenvalue weighted by molar-refractivity contribution is 0.163. The van der Waals surface area contributed by atoms with Crippen molar-refractivity contribution < 1.29 is 9.90 Å². The minimum absolute atomic E-state index is 0.219. The molecule has 2 unspecified atom stereocenters. The van der Waals surface area contributed by atoms with E-state index in [0.29, 0.717) is 13.0 Å². The highest BCUT2D eigenvalue weighted by molar-refractivity contribution is 6.01. The smallest absolute Gasteiger partial charge is 0.319 e. The number of rotatable bonds is 5. The van der Waals surface area contributed by atoms with Gasteiger partial charge >= 0.3 is 6.03 Å². The summed E-state index contributed by atoms with van der Waals surface area (Å²) in [5.74, 6) is 0.239. The summed E-state index contributed by atoms with van der Waals surface area (Å²) >= 11 is 0. The highest BCUT2D eigenvalue weighted by Crippen LogP contribution is 2.22. The van der Waals surface area contributed by atoms with Crippen LogP contribution in [0.3, 0.4) is 0 Å². The van der Waals surface area contributed by atoms with E-state index < -0.39 is 0 Å². The Morgan fingerprint density at radius 2 is 1.86 bits per heavy atom. The fourth-order valence-corrected chi connectivity index (χ4v) is 2.43. The van der Waals surface area contributed by atoms with E-state index in [4.69, 9.17) is 0 Å².